The van der Waals surface area contributed by atoms with Crippen LogP contribution in [0.25, 0.3) is 0 Å². The zero-order chi connectivity index (χ0) is 9.80. The Kier molecular flexibility index (Phi) is 3.21. The van der Waals surface area contributed by atoms with Crippen LogP contribution in [0.1, 0.15) is 12.8 Å². The average molecular weight is 210 g/mol. The molecule has 0 spiro atoms. The Bertz CT molecular complexity index is 299. The van der Waals surface area contributed by atoms with Crippen LogP contribution in [0.3, 0.4) is 0 Å². The number of rotatable bonds is 3. The zero-order valence-corrected chi connectivity index (χ0v) is 8.76. The molecule has 1 aromatic rings. The van der Waals surface area contributed by atoms with Crippen LogP contribution < -0.4 is 11.1 Å². The zero-order valence-electron chi connectivity index (χ0n) is 7.94. The van der Waals surface area contributed by atoms with Crippen molar-refractivity contribution in [2.75, 3.05) is 18.0 Å². The van der Waals surface area contributed by atoms with E-state index in [4.69, 9.17) is 5.73 Å². The number of aromatic nitrogens is 2. The van der Waals surface area contributed by atoms with Crippen molar-refractivity contribution in [2.45, 2.75) is 23.9 Å². The van der Waals surface area contributed by atoms with Crippen LogP contribution in [-0.2, 0) is 0 Å². The van der Waals surface area contributed by atoms with Gasteiger partial charge < -0.3 is 11.1 Å². The molecule has 14 heavy (non-hydrogen) atoms. The molecule has 0 bridgehead atoms. The lowest BCUT2D eigenvalue weighted by Crippen LogP contribution is -2.23. The van der Waals surface area contributed by atoms with Crippen molar-refractivity contribution >= 4 is 17.6 Å². The van der Waals surface area contributed by atoms with Gasteiger partial charge in [-0.1, -0.05) is 0 Å². The molecule has 2 rings (SSSR count). The molecule has 0 aromatic carbocycles. The van der Waals surface area contributed by atoms with Crippen LogP contribution in [0, 0.1) is 0 Å². The maximum absolute atomic E-state index is 5.69. The summed E-state index contributed by atoms with van der Waals surface area (Å²) in [6, 6.07) is 0.612. The summed E-state index contributed by atoms with van der Waals surface area (Å²) in [7, 11) is 0. The Labute approximate surface area is 87.7 Å². The van der Waals surface area contributed by atoms with Gasteiger partial charge in [0.25, 0.3) is 0 Å². The maximum Gasteiger partial charge on any atom is 0.156 e. The summed E-state index contributed by atoms with van der Waals surface area (Å²) in [4.78, 5) is 8.19. The van der Waals surface area contributed by atoms with Gasteiger partial charge in [0.05, 0.1) is 0 Å². The standard InChI is InChI=1S/C9H14N4S/c10-8-9(13-5-4-12-8)14-6-7-2-1-3-11-7/h4-5,7,11H,1-3,6H2,(H2,10,12). The molecule has 1 aliphatic heterocycles. The second kappa shape index (κ2) is 4.61. The van der Waals surface area contributed by atoms with Gasteiger partial charge in [0.2, 0.25) is 0 Å². The van der Waals surface area contributed by atoms with Gasteiger partial charge >= 0.3 is 0 Å². The van der Waals surface area contributed by atoms with Gasteiger partial charge in [-0.2, -0.15) is 0 Å². The third-order valence-corrected chi connectivity index (χ3v) is 3.43. The summed E-state index contributed by atoms with van der Waals surface area (Å²) >= 11 is 1.68. The first-order valence-corrected chi connectivity index (χ1v) is 5.77. The van der Waals surface area contributed by atoms with Crippen LogP contribution >= 0.6 is 11.8 Å². The Balaban J connectivity index is 1.88. The molecule has 0 aliphatic carbocycles. The average Bonchev–Trinajstić information content (AvgIpc) is 2.69. The fourth-order valence-corrected chi connectivity index (χ4v) is 2.51. The van der Waals surface area contributed by atoms with Crippen LogP contribution in [0.4, 0.5) is 5.82 Å². The second-order valence-electron chi connectivity index (χ2n) is 3.35. The predicted octanol–water partition coefficient (Wildman–Crippen LogP) is 0.903. The summed E-state index contributed by atoms with van der Waals surface area (Å²) in [6.07, 6.45) is 5.84. The Morgan fingerprint density at radius 1 is 1.50 bits per heavy atom. The Morgan fingerprint density at radius 2 is 2.36 bits per heavy atom. The molecule has 1 aliphatic rings. The van der Waals surface area contributed by atoms with Crippen molar-refractivity contribution < 1.29 is 0 Å². The SMILES string of the molecule is Nc1nccnc1SCC1CCCN1. The Morgan fingerprint density at radius 3 is 3.07 bits per heavy atom. The van der Waals surface area contributed by atoms with Gasteiger partial charge in [-0.05, 0) is 19.4 Å². The van der Waals surface area contributed by atoms with Crippen LogP contribution in [0.5, 0.6) is 0 Å². The van der Waals surface area contributed by atoms with Gasteiger partial charge in [0, 0.05) is 24.2 Å². The number of nitrogens with one attached hydrogen (secondary N) is 1. The molecule has 4 nitrogen and oxygen atoms in total. The van der Waals surface area contributed by atoms with Gasteiger partial charge in [-0.3, -0.25) is 0 Å². The highest BCUT2D eigenvalue weighted by Crippen LogP contribution is 2.22. The highest BCUT2D eigenvalue weighted by atomic mass is 32.2. The van der Waals surface area contributed by atoms with Crippen molar-refractivity contribution in [2.24, 2.45) is 0 Å². The van der Waals surface area contributed by atoms with Crippen molar-refractivity contribution in [1.82, 2.24) is 15.3 Å². The molecule has 1 aromatic heterocycles. The van der Waals surface area contributed by atoms with Gasteiger partial charge in [-0.15, -0.1) is 11.8 Å². The first-order chi connectivity index (χ1) is 6.86. The number of nitrogens with two attached hydrogens (primary N) is 1. The minimum atomic E-state index is 0.537. The molecule has 0 radical (unpaired) electrons. The lowest BCUT2D eigenvalue weighted by Gasteiger charge is -2.09. The summed E-state index contributed by atoms with van der Waals surface area (Å²) in [5.74, 6) is 1.57. The predicted molar refractivity (Wildman–Crippen MR) is 58.2 cm³/mol. The molecule has 0 amide bonds. The quantitative estimate of drug-likeness (QED) is 0.726. The summed E-state index contributed by atoms with van der Waals surface area (Å²) < 4.78 is 0. The Hall–Kier alpha value is -0.810. The van der Waals surface area contributed by atoms with E-state index in [0.29, 0.717) is 11.9 Å². The number of anilines is 1. The number of hydrogen-bond donors (Lipinski definition) is 2. The molecule has 0 saturated carbocycles. The number of nitrogen functional groups attached to an aromatic ring is 1. The van der Waals surface area contributed by atoms with Gasteiger partial charge in [0.15, 0.2) is 5.82 Å². The molecule has 1 fully saturated rings. The second-order valence-corrected chi connectivity index (χ2v) is 4.36. The van der Waals surface area contributed by atoms with E-state index >= 15 is 0 Å². The molecule has 1 unspecified atom stereocenters. The smallest absolute Gasteiger partial charge is 0.156 e. The number of hydrogen-bond acceptors (Lipinski definition) is 5. The molecular weight excluding hydrogens is 196 g/mol. The fourth-order valence-electron chi connectivity index (χ4n) is 1.53. The fraction of sp³-hybridized carbons (Fsp3) is 0.556. The summed E-state index contributed by atoms with van der Waals surface area (Å²) in [5.41, 5.74) is 5.69. The largest absolute Gasteiger partial charge is 0.381 e. The van der Waals surface area contributed by atoms with Gasteiger partial charge in [-0.25, -0.2) is 9.97 Å². The van der Waals surface area contributed by atoms with E-state index in [-0.39, 0.29) is 0 Å². The highest BCUT2D eigenvalue weighted by molar-refractivity contribution is 7.99. The minimum absolute atomic E-state index is 0.537. The summed E-state index contributed by atoms with van der Waals surface area (Å²) in [5, 5.41) is 4.28. The third-order valence-electron chi connectivity index (χ3n) is 2.27. The van der Waals surface area contributed by atoms with E-state index in [1.54, 1.807) is 24.2 Å². The lowest BCUT2D eigenvalue weighted by atomic mass is 10.3. The topological polar surface area (TPSA) is 63.8 Å². The van der Waals surface area contributed by atoms with Crippen LogP contribution in [0.2, 0.25) is 0 Å². The first kappa shape index (κ1) is 9.73. The van der Waals surface area contributed by atoms with E-state index in [2.05, 4.69) is 15.3 Å². The summed E-state index contributed by atoms with van der Waals surface area (Å²) in [6.45, 7) is 1.14. The minimum Gasteiger partial charge on any atom is -0.381 e. The molecule has 2 heterocycles. The number of thioether (sulfide) groups is 1. The molecule has 3 N–H and O–H groups in total. The van der Waals surface area contributed by atoms with E-state index in [0.717, 1.165) is 17.3 Å². The van der Waals surface area contributed by atoms with E-state index < -0.39 is 0 Å². The van der Waals surface area contributed by atoms with Gasteiger partial charge in [0.1, 0.15) is 5.03 Å². The monoisotopic (exact) mass is 210 g/mol. The van der Waals surface area contributed by atoms with Crippen LogP contribution in [0.15, 0.2) is 17.4 Å². The molecule has 76 valence electrons. The van der Waals surface area contributed by atoms with E-state index in [9.17, 15) is 0 Å². The van der Waals surface area contributed by atoms with Crippen molar-refractivity contribution in [1.29, 1.82) is 0 Å². The van der Waals surface area contributed by atoms with E-state index in [1.165, 1.54) is 12.8 Å². The molecule has 5 heteroatoms. The lowest BCUT2D eigenvalue weighted by molar-refractivity contribution is 0.673. The molecule has 1 atom stereocenters. The third kappa shape index (κ3) is 2.36. The van der Waals surface area contributed by atoms with Crippen molar-refractivity contribution in [3.8, 4) is 0 Å². The number of nitrogens with zero attached hydrogens (tertiary/aromatic N) is 2. The normalized spacial score (nSPS) is 21.3. The molecule has 1 saturated heterocycles. The maximum atomic E-state index is 5.69. The van der Waals surface area contributed by atoms with Crippen molar-refractivity contribution in [3.05, 3.63) is 12.4 Å². The highest BCUT2D eigenvalue weighted by Gasteiger charge is 2.14. The van der Waals surface area contributed by atoms with Crippen LogP contribution in [-0.4, -0.2) is 28.3 Å². The first-order valence-electron chi connectivity index (χ1n) is 4.79. The molecular formula is C9H14N4S. The van der Waals surface area contributed by atoms with E-state index in [1.807, 2.05) is 0 Å². The van der Waals surface area contributed by atoms with Crippen molar-refractivity contribution in [3.63, 3.8) is 0 Å².